The molecular formula is C71H119NO8. The minimum absolute atomic E-state index is 0.192. The molecule has 0 spiro atoms. The molecule has 0 aromatic carbocycles. The van der Waals surface area contributed by atoms with E-state index in [1.807, 2.05) is 6.08 Å². The highest BCUT2D eigenvalue weighted by atomic mass is 16.7. The summed E-state index contributed by atoms with van der Waals surface area (Å²) in [5.74, 6) is -0.192. The maximum Gasteiger partial charge on any atom is 0.220 e. The Kier molecular flexibility index (Phi) is 54.4. The van der Waals surface area contributed by atoms with Gasteiger partial charge in [-0.3, -0.25) is 4.79 Å². The molecule has 80 heavy (non-hydrogen) atoms. The van der Waals surface area contributed by atoms with Crippen molar-refractivity contribution in [1.29, 1.82) is 0 Å². The molecule has 0 saturated carbocycles. The standard InChI is InChI=1S/C71H119NO8/c1-3-5-7-9-11-13-15-17-19-21-22-23-24-25-26-27-28-29-30-31-32-33-34-35-36-37-38-39-40-41-42-43-44-45-47-49-51-53-55-57-59-61-67(75)72-64(63-79-71-70(78)69(77)68(76)66(62-73)80-71)65(74)60-58-56-54-52-50-48-46-20-18-16-14-12-10-8-6-4-2/h5,7,11,13,17,19,22-23,25-26,28-29,31-32,34-35,37-38,50,52,58,60,64-66,68-71,73-74,76-78H,3-4,6,8-10,12,14-16,18,20-21,24,27,30,33,36,39-49,51,53-57,59,61-63H2,1-2H3,(H,72,75)/b7-5-,13-11-,19-17-,23-22-,26-25-,29-28-,32-31-,35-34-,38-37-,52-50+,60-58+. The fourth-order valence-corrected chi connectivity index (χ4v) is 9.40. The number of hydrogen-bond donors (Lipinski definition) is 6. The van der Waals surface area contributed by atoms with Gasteiger partial charge in [-0.1, -0.05) is 276 Å². The summed E-state index contributed by atoms with van der Waals surface area (Å²) < 4.78 is 11.3. The number of rotatable bonds is 54. The first kappa shape index (κ1) is 74.3. The lowest BCUT2D eigenvalue weighted by atomic mass is 9.99. The molecule has 0 bridgehead atoms. The van der Waals surface area contributed by atoms with Crippen LogP contribution in [-0.2, 0) is 14.3 Å². The SMILES string of the molecule is CC/C=C\C/C=C\C/C=C\C/C=C\C/C=C\C/C=C\C/C=C\C/C=C\C/C=C\CCCCCCCCCCCCCCCC(=O)NC(COC1OC(CO)C(O)C(O)C1O)C(O)/C=C/CC/C=C/CCCCCCCCCCCC. The molecule has 1 aliphatic rings. The third-order valence-electron chi connectivity index (χ3n) is 14.5. The fraction of sp³-hybridized carbons (Fsp3) is 0.676. The minimum atomic E-state index is -1.58. The Balaban J connectivity index is 2.13. The van der Waals surface area contributed by atoms with Gasteiger partial charge in [-0.2, -0.15) is 0 Å². The van der Waals surface area contributed by atoms with Crippen LogP contribution in [0, 0.1) is 0 Å². The zero-order chi connectivity index (χ0) is 57.9. The van der Waals surface area contributed by atoms with Crippen LogP contribution in [0.5, 0.6) is 0 Å². The summed E-state index contributed by atoms with van der Waals surface area (Å²) in [6.45, 7) is 3.64. The van der Waals surface area contributed by atoms with Gasteiger partial charge in [0.15, 0.2) is 6.29 Å². The van der Waals surface area contributed by atoms with Crippen molar-refractivity contribution in [1.82, 2.24) is 5.32 Å². The van der Waals surface area contributed by atoms with Gasteiger partial charge in [0.2, 0.25) is 5.91 Å². The van der Waals surface area contributed by atoms with Gasteiger partial charge in [0.05, 0.1) is 25.4 Å². The van der Waals surface area contributed by atoms with Crippen LogP contribution < -0.4 is 5.32 Å². The van der Waals surface area contributed by atoms with Crippen molar-refractivity contribution in [2.45, 2.75) is 294 Å². The Morgan fingerprint density at radius 1 is 0.438 bits per heavy atom. The van der Waals surface area contributed by atoms with Crippen molar-refractivity contribution in [3.8, 4) is 0 Å². The van der Waals surface area contributed by atoms with Gasteiger partial charge in [0.25, 0.3) is 0 Å². The van der Waals surface area contributed by atoms with Crippen LogP contribution >= 0.6 is 0 Å². The molecule has 9 nitrogen and oxygen atoms in total. The van der Waals surface area contributed by atoms with Crippen molar-refractivity contribution < 1.29 is 39.8 Å². The monoisotopic (exact) mass is 1110 g/mol. The smallest absolute Gasteiger partial charge is 0.220 e. The van der Waals surface area contributed by atoms with Crippen molar-refractivity contribution in [2.24, 2.45) is 0 Å². The normalized spacial score (nSPS) is 19.4. The Labute approximate surface area is 490 Å². The highest BCUT2D eigenvalue weighted by Gasteiger charge is 2.44. The zero-order valence-electron chi connectivity index (χ0n) is 50.8. The number of amides is 1. The average Bonchev–Trinajstić information content (AvgIpc) is 3.46. The molecule has 7 unspecified atom stereocenters. The fourth-order valence-electron chi connectivity index (χ4n) is 9.40. The van der Waals surface area contributed by atoms with E-state index in [0.717, 1.165) is 96.3 Å². The lowest BCUT2D eigenvalue weighted by molar-refractivity contribution is -0.302. The van der Waals surface area contributed by atoms with Crippen LogP contribution in [0.4, 0.5) is 0 Å². The Morgan fingerprint density at radius 3 is 1.20 bits per heavy atom. The van der Waals surface area contributed by atoms with Crippen molar-refractivity contribution in [3.63, 3.8) is 0 Å². The van der Waals surface area contributed by atoms with Crippen molar-refractivity contribution >= 4 is 5.91 Å². The quantitative estimate of drug-likeness (QED) is 0.0261. The van der Waals surface area contributed by atoms with Crippen LogP contribution in [0.1, 0.15) is 251 Å². The maximum absolute atomic E-state index is 13.1. The van der Waals surface area contributed by atoms with Crippen LogP contribution in [0.25, 0.3) is 0 Å². The number of carbonyl (C=O) groups is 1. The van der Waals surface area contributed by atoms with Crippen molar-refractivity contribution in [2.75, 3.05) is 13.2 Å². The molecule has 7 atom stereocenters. The number of carbonyl (C=O) groups excluding carboxylic acids is 1. The van der Waals surface area contributed by atoms with Gasteiger partial charge < -0.3 is 40.3 Å². The summed E-state index contributed by atoms with van der Waals surface area (Å²) in [6.07, 6.45) is 82.5. The molecule has 0 aromatic heterocycles. The number of allylic oxidation sites excluding steroid dienone is 21. The number of aliphatic hydroxyl groups is 5. The summed E-state index contributed by atoms with van der Waals surface area (Å²) in [7, 11) is 0. The van der Waals surface area contributed by atoms with E-state index in [9.17, 15) is 30.3 Å². The van der Waals surface area contributed by atoms with Gasteiger partial charge in [-0.25, -0.2) is 0 Å². The summed E-state index contributed by atoms with van der Waals surface area (Å²) in [5.41, 5.74) is 0. The molecule has 0 radical (unpaired) electrons. The first-order valence-corrected chi connectivity index (χ1v) is 32.4. The number of hydrogen-bond acceptors (Lipinski definition) is 8. The molecular weight excluding hydrogens is 995 g/mol. The minimum Gasteiger partial charge on any atom is -0.394 e. The molecule has 1 rings (SSSR count). The Bertz CT molecular complexity index is 1720. The summed E-state index contributed by atoms with van der Waals surface area (Å²) in [6, 6.07) is -0.830. The summed E-state index contributed by atoms with van der Waals surface area (Å²) in [4.78, 5) is 13.1. The van der Waals surface area contributed by atoms with E-state index in [4.69, 9.17) is 9.47 Å². The number of ether oxygens (including phenoxy) is 2. The summed E-state index contributed by atoms with van der Waals surface area (Å²) >= 11 is 0. The number of unbranched alkanes of at least 4 members (excludes halogenated alkanes) is 24. The van der Waals surface area contributed by atoms with E-state index in [1.165, 1.54) is 135 Å². The second kappa shape index (κ2) is 58.5. The second-order valence-electron chi connectivity index (χ2n) is 21.8. The van der Waals surface area contributed by atoms with E-state index < -0.39 is 49.5 Å². The van der Waals surface area contributed by atoms with Gasteiger partial charge in [-0.15, -0.1) is 0 Å². The van der Waals surface area contributed by atoms with Gasteiger partial charge in [0, 0.05) is 6.42 Å². The predicted molar refractivity (Wildman–Crippen MR) is 340 cm³/mol. The third-order valence-corrected chi connectivity index (χ3v) is 14.5. The average molecular weight is 1110 g/mol. The highest BCUT2D eigenvalue weighted by Crippen LogP contribution is 2.23. The maximum atomic E-state index is 13.1. The van der Waals surface area contributed by atoms with E-state index in [0.29, 0.717) is 6.42 Å². The molecule has 1 fully saturated rings. The number of nitrogens with one attached hydrogen (secondary N) is 1. The lowest BCUT2D eigenvalue weighted by Crippen LogP contribution is -2.60. The topological polar surface area (TPSA) is 149 Å². The summed E-state index contributed by atoms with van der Waals surface area (Å²) in [5, 5.41) is 54.5. The van der Waals surface area contributed by atoms with Crippen LogP contribution in [0.15, 0.2) is 134 Å². The van der Waals surface area contributed by atoms with Gasteiger partial charge >= 0.3 is 0 Å². The third kappa shape index (κ3) is 46.9. The molecule has 1 saturated heterocycles. The van der Waals surface area contributed by atoms with E-state index >= 15 is 0 Å². The van der Waals surface area contributed by atoms with Crippen LogP contribution in [-0.4, -0.2) is 87.5 Å². The molecule has 1 heterocycles. The first-order valence-electron chi connectivity index (χ1n) is 32.4. The molecule has 9 heteroatoms. The molecule has 6 N–H and O–H groups in total. The van der Waals surface area contributed by atoms with Crippen molar-refractivity contribution in [3.05, 3.63) is 134 Å². The molecule has 456 valence electrons. The van der Waals surface area contributed by atoms with E-state index in [-0.39, 0.29) is 12.5 Å². The Hall–Kier alpha value is -3.67. The molecule has 1 amide bonds. The van der Waals surface area contributed by atoms with Gasteiger partial charge in [-0.05, 0) is 103 Å². The zero-order valence-corrected chi connectivity index (χ0v) is 50.8. The Morgan fingerprint density at radius 2 is 0.787 bits per heavy atom. The van der Waals surface area contributed by atoms with Crippen LogP contribution in [0.3, 0.4) is 0 Å². The second-order valence-corrected chi connectivity index (χ2v) is 21.8. The largest absolute Gasteiger partial charge is 0.394 e. The van der Waals surface area contributed by atoms with E-state index in [2.05, 4.69) is 141 Å². The predicted octanol–water partition coefficient (Wildman–Crippen LogP) is 17.2. The van der Waals surface area contributed by atoms with Gasteiger partial charge in [0.1, 0.15) is 24.4 Å². The molecule has 1 aliphatic heterocycles. The molecule has 0 aromatic rings. The first-order chi connectivity index (χ1) is 39.3. The lowest BCUT2D eigenvalue weighted by Gasteiger charge is -2.40. The number of aliphatic hydroxyl groups excluding tert-OH is 5. The highest BCUT2D eigenvalue weighted by molar-refractivity contribution is 5.76. The molecule has 0 aliphatic carbocycles. The van der Waals surface area contributed by atoms with E-state index in [1.54, 1.807) is 6.08 Å². The van der Waals surface area contributed by atoms with Crippen LogP contribution in [0.2, 0.25) is 0 Å².